The van der Waals surface area contributed by atoms with Gasteiger partial charge in [-0.05, 0) is 37.0 Å². The highest BCUT2D eigenvalue weighted by atomic mass is 79.9. The number of benzene rings is 1. The normalized spacial score (nSPS) is 14.2. The average molecular weight is 423 g/mol. The lowest BCUT2D eigenvalue weighted by Gasteiger charge is -2.27. The standard InChI is InChI=1S/C20H27BrN2O3/c1-4-5-12-26-20(25)23-10-8-15(9-11-23)13-16-6-7-17(14-18(16)21)19(24)22(2)3/h6-7,13-14H,4-5,8-12H2,1-3H3. The van der Waals surface area contributed by atoms with Crippen LogP contribution >= 0.6 is 15.9 Å². The van der Waals surface area contributed by atoms with E-state index in [1.165, 1.54) is 5.57 Å². The number of carbonyl (C=O) groups excluding carboxylic acids is 2. The van der Waals surface area contributed by atoms with Crippen molar-refractivity contribution in [3.63, 3.8) is 0 Å². The molecule has 0 unspecified atom stereocenters. The van der Waals surface area contributed by atoms with Crippen LogP contribution < -0.4 is 0 Å². The maximum Gasteiger partial charge on any atom is 0.409 e. The monoisotopic (exact) mass is 422 g/mol. The second kappa shape index (κ2) is 9.76. The van der Waals surface area contributed by atoms with Gasteiger partial charge in [0.15, 0.2) is 0 Å². The predicted octanol–water partition coefficient (Wildman–Crippen LogP) is 4.57. The molecule has 1 aliphatic heterocycles. The summed E-state index contributed by atoms with van der Waals surface area (Å²) in [6.07, 6.45) is 5.55. The fourth-order valence-corrected chi connectivity index (χ4v) is 3.26. The fourth-order valence-electron chi connectivity index (χ4n) is 2.77. The van der Waals surface area contributed by atoms with Crippen LogP contribution in [0, 0.1) is 0 Å². The summed E-state index contributed by atoms with van der Waals surface area (Å²) in [6, 6.07) is 5.66. The summed E-state index contributed by atoms with van der Waals surface area (Å²) in [5.74, 6) is -0.0141. The van der Waals surface area contributed by atoms with E-state index >= 15 is 0 Å². The largest absolute Gasteiger partial charge is 0.449 e. The Bertz CT molecular complexity index is 676. The highest BCUT2D eigenvalue weighted by Gasteiger charge is 2.20. The molecule has 1 saturated heterocycles. The molecule has 2 rings (SSSR count). The van der Waals surface area contributed by atoms with Crippen molar-refractivity contribution in [2.24, 2.45) is 0 Å². The Kier molecular flexibility index (Phi) is 7.69. The number of amides is 2. The number of piperidine rings is 1. The fraction of sp³-hybridized carbons (Fsp3) is 0.500. The van der Waals surface area contributed by atoms with Crippen LogP contribution in [0.2, 0.25) is 0 Å². The average Bonchev–Trinajstić information content (AvgIpc) is 2.63. The van der Waals surface area contributed by atoms with Gasteiger partial charge in [-0.2, -0.15) is 0 Å². The van der Waals surface area contributed by atoms with Crippen molar-refractivity contribution in [2.45, 2.75) is 32.6 Å². The Morgan fingerprint density at radius 2 is 1.96 bits per heavy atom. The third-order valence-electron chi connectivity index (χ3n) is 4.40. The SMILES string of the molecule is CCCCOC(=O)N1CCC(=Cc2ccc(C(=O)N(C)C)cc2Br)CC1. The van der Waals surface area contributed by atoms with Gasteiger partial charge in [0.2, 0.25) is 0 Å². The van der Waals surface area contributed by atoms with E-state index in [1.54, 1.807) is 23.9 Å². The van der Waals surface area contributed by atoms with E-state index in [1.807, 2.05) is 18.2 Å². The van der Waals surface area contributed by atoms with E-state index in [-0.39, 0.29) is 12.0 Å². The van der Waals surface area contributed by atoms with Gasteiger partial charge in [0.1, 0.15) is 0 Å². The summed E-state index contributed by atoms with van der Waals surface area (Å²) in [5, 5.41) is 0. The van der Waals surface area contributed by atoms with E-state index in [9.17, 15) is 9.59 Å². The molecular weight excluding hydrogens is 396 g/mol. The van der Waals surface area contributed by atoms with Gasteiger partial charge in [0.25, 0.3) is 5.91 Å². The summed E-state index contributed by atoms with van der Waals surface area (Å²) in [7, 11) is 3.49. The number of halogens is 1. The zero-order chi connectivity index (χ0) is 19.1. The Morgan fingerprint density at radius 1 is 1.27 bits per heavy atom. The minimum Gasteiger partial charge on any atom is -0.449 e. The molecule has 0 spiro atoms. The van der Waals surface area contributed by atoms with Gasteiger partial charge in [-0.25, -0.2) is 4.79 Å². The Balaban J connectivity index is 1.95. The first-order chi connectivity index (χ1) is 12.4. The molecule has 0 aliphatic carbocycles. The number of hydrogen-bond acceptors (Lipinski definition) is 3. The van der Waals surface area contributed by atoms with Crippen molar-refractivity contribution < 1.29 is 14.3 Å². The number of hydrogen-bond donors (Lipinski definition) is 0. The van der Waals surface area contributed by atoms with Gasteiger partial charge in [0, 0.05) is 37.2 Å². The Labute approximate surface area is 164 Å². The van der Waals surface area contributed by atoms with Crippen LogP contribution in [0.25, 0.3) is 6.08 Å². The second-order valence-electron chi connectivity index (χ2n) is 6.69. The molecule has 1 fully saturated rings. The van der Waals surface area contributed by atoms with Crippen molar-refractivity contribution in [3.05, 3.63) is 39.4 Å². The van der Waals surface area contributed by atoms with E-state index in [4.69, 9.17) is 4.74 Å². The van der Waals surface area contributed by atoms with E-state index in [0.29, 0.717) is 25.3 Å². The molecule has 0 radical (unpaired) electrons. The number of unbranched alkanes of at least 4 members (excludes halogenated alkanes) is 1. The minimum absolute atomic E-state index is 0.0141. The summed E-state index contributed by atoms with van der Waals surface area (Å²) in [4.78, 5) is 27.4. The van der Waals surface area contributed by atoms with Crippen LogP contribution in [0.15, 0.2) is 28.2 Å². The quantitative estimate of drug-likeness (QED) is 0.653. The first-order valence-corrected chi connectivity index (χ1v) is 9.84. The molecule has 1 heterocycles. The molecule has 6 heteroatoms. The van der Waals surface area contributed by atoms with Crippen LogP contribution in [-0.4, -0.2) is 55.6 Å². The van der Waals surface area contributed by atoms with Crippen molar-refractivity contribution in [1.29, 1.82) is 0 Å². The molecule has 142 valence electrons. The van der Waals surface area contributed by atoms with Crippen LogP contribution in [0.4, 0.5) is 4.79 Å². The van der Waals surface area contributed by atoms with Gasteiger partial charge in [-0.3, -0.25) is 4.79 Å². The Morgan fingerprint density at radius 3 is 2.54 bits per heavy atom. The maximum atomic E-state index is 12.0. The van der Waals surface area contributed by atoms with Crippen molar-refractivity contribution in [2.75, 3.05) is 33.8 Å². The number of nitrogens with zero attached hydrogens (tertiary/aromatic N) is 2. The third-order valence-corrected chi connectivity index (χ3v) is 5.09. The highest BCUT2D eigenvalue weighted by Crippen LogP contribution is 2.25. The summed E-state index contributed by atoms with van der Waals surface area (Å²) >= 11 is 3.56. The van der Waals surface area contributed by atoms with Crippen molar-refractivity contribution in [3.8, 4) is 0 Å². The molecule has 5 nitrogen and oxygen atoms in total. The molecule has 0 bridgehead atoms. The molecule has 1 aromatic carbocycles. The topological polar surface area (TPSA) is 49.9 Å². The predicted molar refractivity (Wildman–Crippen MR) is 107 cm³/mol. The molecular formula is C20H27BrN2O3. The molecule has 0 atom stereocenters. The van der Waals surface area contributed by atoms with Crippen molar-refractivity contribution in [1.82, 2.24) is 9.80 Å². The summed E-state index contributed by atoms with van der Waals surface area (Å²) in [6.45, 7) is 3.95. The van der Waals surface area contributed by atoms with Gasteiger partial charge in [-0.1, -0.05) is 47.0 Å². The first-order valence-electron chi connectivity index (χ1n) is 9.04. The Hall–Kier alpha value is -1.82. The van der Waals surface area contributed by atoms with E-state index in [2.05, 4.69) is 28.9 Å². The molecule has 0 N–H and O–H groups in total. The summed E-state index contributed by atoms with van der Waals surface area (Å²) in [5.41, 5.74) is 3.01. The van der Waals surface area contributed by atoms with E-state index in [0.717, 1.165) is 35.7 Å². The minimum atomic E-state index is -0.203. The number of rotatable bonds is 5. The van der Waals surface area contributed by atoms with Gasteiger partial charge in [0.05, 0.1) is 6.61 Å². The van der Waals surface area contributed by atoms with Crippen LogP contribution in [0.5, 0.6) is 0 Å². The highest BCUT2D eigenvalue weighted by molar-refractivity contribution is 9.10. The number of likely N-dealkylation sites (tertiary alicyclic amines) is 1. The number of ether oxygens (including phenoxy) is 1. The zero-order valence-electron chi connectivity index (χ0n) is 15.8. The lowest BCUT2D eigenvalue weighted by Crippen LogP contribution is -2.36. The van der Waals surface area contributed by atoms with E-state index < -0.39 is 0 Å². The van der Waals surface area contributed by atoms with Gasteiger partial charge >= 0.3 is 6.09 Å². The number of carbonyl (C=O) groups is 2. The van der Waals surface area contributed by atoms with Gasteiger partial charge < -0.3 is 14.5 Å². The smallest absolute Gasteiger partial charge is 0.409 e. The van der Waals surface area contributed by atoms with Crippen LogP contribution in [-0.2, 0) is 4.74 Å². The first kappa shape index (κ1) is 20.5. The molecule has 0 aromatic heterocycles. The zero-order valence-corrected chi connectivity index (χ0v) is 17.3. The molecule has 1 aliphatic rings. The van der Waals surface area contributed by atoms with Crippen molar-refractivity contribution >= 4 is 34.0 Å². The lowest BCUT2D eigenvalue weighted by atomic mass is 10.0. The van der Waals surface area contributed by atoms with Crippen LogP contribution in [0.1, 0.15) is 48.5 Å². The second-order valence-corrected chi connectivity index (χ2v) is 7.55. The molecule has 0 saturated carbocycles. The van der Waals surface area contributed by atoms with Crippen LogP contribution in [0.3, 0.4) is 0 Å². The maximum absolute atomic E-state index is 12.0. The molecule has 1 aromatic rings. The lowest BCUT2D eigenvalue weighted by molar-refractivity contribution is 0.0827. The molecule has 2 amide bonds. The molecule has 26 heavy (non-hydrogen) atoms. The summed E-state index contributed by atoms with van der Waals surface area (Å²) < 4.78 is 6.18. The van der Waals surface area contributed by atoms with Gasteiger partial charge in [-0.15, -0.1) is 0 Å². The third kappa shape index (κ3) is 5.59.